The molecule has 0 saturated carbocycles. The van der Waals surface area contributed by atoms with E-state index in [4.69, 9.17) is 5.26 Å². The summed E-state index contributed by atoms with van der Waals surface area (Å²) in [5.41, 5.74) is 0.857. The minimum Gasteiger partial charge on any atom is -0.309 e. The van der Waals surface area contributed by atoms with Crippen molar-refractivity contribution >= 4 is 28.8 Å². The Morgan fingerprint density at radius 3 is 2.86 bits per heavy atom. The molecule has 0 aliphatic rings. The third kappa shape index (κ3) is 3.33. The third-order valence-corrected chi connectivity index (χ3v) is 3.89. The van der Waals surface area contributed by atoms with Crippen LogP contribution in [0, 0.1) is 17.2 Å². The predicted octanol–water partition coefficient (Wildman–Crippen LogP) is 2.67. The van der Waals surface area contributed by atoms with Crippen LogP contribution in [0.2, 0.25) is 0 Å². The number of aromatic nitrogens is 1. The van der Waals surface area contributed by atoms with Gasteiger partial charge in [0, 0.05) is 6.20 Å². The lowest BCUT2D eigenvalue weighted by Crippen LogP contribution is -2.29. The number of thiophene rings is 1. The molecule has 2 aromatic rings. The van der Waals surface area contributed by atoms with E-state index in [-0.39, 0.29) is 0 Å². The van der Waals surface area contributed by atoms with Gasteiger partial charge in [0.1, 0.15) is 5.82 Å². The summed E-state index contributed by atoms with van der Waals surface area (Å²) in [5, 5.41) is 13.4. The van der Waals surface area contributed by atoms with Gasteiger partial charge in [0.05, 0.1) is 10.9 Å². The van der Waals surface area contributed by atoms with Gasteiger partial charge in [0.25, 0.3) is 5.91 Å². The average molecular weight is 299 g/mol. The van der Waals surface area contributed by atoms with Gasteiger partial charge < -0.3 is 5.32 Å². The fourth-order valence-electron chi connectivity index (χ4n) is 1.83. The number of amides is 1. The summed E-state index contributed by atoms with van der Waals surface area (Å²) in [4.78, 5) is 28.9. The van der Waals surface area contributed by atoms with E-state index in [1.54, 1.807) is 29.6 Å². The molecule has 21 heavy (non-hydrogen) atoms. The number of ketones is 1. The third-order valence-electron chi connectivity index (χ3n) is 2.92. The molecule has 0 radical (unpaired) electrons. The first-order chi connectivity index (χ1) is 10.2. The Morgan fingerprint density at radius 2 is 2.24 bits per heavy atom. The van der Waals surface area contributed by atoms with E-state index >= 15 is 0 Å². The summed E-state index contributed by atoms with van der Waals surface area (Å²) in [6, 6.07) is 8.63. The number of anilines is 1. The van der Waals surface area contributed by atoms with Crippen LogP contribution >= 0.6 is 11.3 Å². The SMILES string of the molecule is CCc1ccsc1C(=O)[C@@H](C#N)C(=O)Nc1ccccn1. The molecule has 0 aliphatic heterocycles. The quantitative estimate of drug-likeness (QED) is 0.679. The molecule has 2 rings (SSSR count). The van der Waals surface area contributed by atoms with Gasteiger partial charge in [0.2, 0.25) is 0 Å². The lowest BCUT2D eigenvalue weighted by molar-refractivity contribution is -0.117. The van der Waals surface area contributed by atoms with Crippen molar-refractivity contribution in [1.29, 1.82) is 5.26 Å². The molecule has 0 bridgehead atoms. The van der Waals surface area contributed by atoms with Crippen molar-refractivity contribution in [2.45, 2.75) is 13.3 Å². The number of nitrogens with one attached hydrogen (secondary N) is 1. The van der Waals surface area contributed by atoms with Crippen LogP contribution in [-0.4, -0.2) is 16.7 Å². The van der Waals surface area contributed by atoms with Gasteiger partial charge in [-0.2, -0.15) is 5.26 Å². The maximum absolute atomic E-state index is 12.4. The molecule has 1 N–H and O–H groups in total. The molecule has 6 heteroatoms. The minimum absolute atomic E-state index is 0.317. The molecular weight excluding hydrogens is 286 g/mol. The highest BCUT2D eigenvalue weighted by atomic mass is 32.1. The van der Waals surface area contributed by atoms with E-state index in [0.29, 0.717) is 17.1 Å². The van der Waals surface area contributed by atoms with Gasteiger partial charge in [-0.1, -0.05) is 13.0 Å². The van der Waals surface area contributed by atoms with E-state index in [2.05, 4.69) is 10.3 Å². The molecule has 0 spiro atoms. The number of pyridine rings is 1. The van der Waals surface area contributed by atoms with E-state index in [1.807, 2.05) is 13.0 Å². The zero-order valence-corrected chi connectivity index (χ0v) is 12.2. The standard InChI is InChI=1S/C15H13N3O2S/c1-2-10-6-8-21-14(10)13(19)11(9-16)15(20)18-12-5-3-4-7-17-12/h3-8,11H,2H2,1H3,(H,17,18,20)/t11-/m1/s1. The molecule has 106 valence electrons. The maximum Gasteiger partial charge on any atom is 0.250 e. The lowest BCUT2D eigenvalue weighted by atomic mass is 10.0. The summed E-state index contributed by atoms with van der Waals surface area (Å²) in [5.74, 6) is -2.16. The predicted molar refractivity (Wildman–Crippen MR) is 80.0 cm³/mol. The highest BCUT2D eigenvalue weighted by molar-refractivity contribution is 7.12. The molecule has 0 unspecified atom stereocenters. The van der Waals surface area contributed by atoms with E-state index in [0.717, 1.165) is 5.56 Å². The van der Waals surface area contributed by atoms with E-state index in [1.165, 1.54) is 17.5 Å². The van der Waals surface area contributed by atoms with Gasteiger partial charge in [-0.3, -0.25) is 9.59 Å². The number of aryl methyl sites for hydroxylation is 1. The fourth-order valence-corrected chi connectivity index (χ4v) is 2.80. The van der Waals surface area contributed by atoms with E-state index in [9.17, 15) is 9.59 Å². The molecule has 0 saturated heterocycles. The van der Waals surface area contributed by atoms with Gasteiger partial charge in [-0.25, -0.2) is 4.98 Å². The van der Waals surface area contributed by atoms with Crippen LogP contribution in [0.1, 0.15) is 22.2 Å². The van der Waals surface area contributed by atoms with Crippen molar-refractivity contribution in [2.75, 3.05) is 5.32 Å². The molecule has 1 atom stereocenters. The number of carbonyl (C=O) groups excluding carboxylic acids is 2. The number of Topliss-reactive ketones (excluding diaryl/α,β-unsaturated/α-hetero) is 1. The van der Waals surface area contributed by atoms with Crippen molar-refractivity contribution in [1.82, 2.24) is 4.98 Å². The number of nitriles is 1. The molecule has 2 aromatic heterocycles. The smallest absolute Gasteiger partial charge is 0.250 e. The largest absolute Gasteiger partial charge is 0.309 e. The Hall–Kier alpha value is -2.52. The van der Waals surface area contributed by atoms with E-state index < -0.39 is 17.6 Å². The monoisotopic (exact) mass is 299 g/mol. The zero-order chi connectivity index (χ0) is 15.2. The van der Waals surface area contributed by atoms with Crippen LogP contribution in [0.3, 0.4) is 0 Å². The van der Waals surface area contributed by atoms with Crippen molar-refractivity contribution in [3.05, 3.63) is 46.3 Å². The molecule has 0 aromatic carbocycles. The number of rotatable bonds is 5. The number of hydrogen-bond acceptors (Lipinski definition) is 5. The molecule has 5 nitrogen and oxygen atoms in total. The highest BCUT2D eigenvalue weighted by Gasteiger charge is 2.29. The topological polar surface area (TPSA) is 82.8 Å². The first kappa shape index (κ1) is 14.9. The van der Waals surface area contributed by atoms with Crippen molar-refractivity contribution < 1.29 is 9.59 Å². The second kappa shape index (κ2) is 6.77. The first-order valence-electron chi connectivity index (χ1n) is 6.39. The molecular formula is C15H13N3O2S. The summed E-state index contributed by atoms with van der Waals surface area (Å²) in [6.07, 6.45) is 2.21. The van der Waals surface area contributed by atoms with Gasteiger partial charge >= 0.3 is 0 Å². The lowest BCUT2D eigenvalue weighted by Gasteiger charge is -2.09. The molecule has 2 heterocycles. The maximum atomic E-state index is 12.4. The van der Waals surface area contributed by atoms with Crippen LogP contribution in [0.15, 0.2) is 35.8 Å². The van der Waals surface area contributed by atoms with Crippen LogP contribution in [-0.2, 0) is 11.2 Å². The Labute approximate surface area is 126 Å². The van der Waals surface area contributed by atoms with Gasteiger partial charge in [-0.15, -0.1) is 11.3 Å². The Bertz CT molecular complexity index is 688. The van der Waals surface area contributed by atoms with Crippen molar-refractivity contribution in [3.63, 3.8) is 0 Å². The molecule has 0 aliphatic carbocycles. The Morgan fingerprint density at radius 1 is 1.43 bits per heavy atom. The van der Waals surface area contributed by atoms with Crippen LogP contribution in [0.4, 0.5) is 5.82 Å². The summed E-state index contributed by atoms with van der Waals surface area (Å²) in [7, 11) is 0. The Balaban J connectivity index is 2.18. The number of nitrogens with zero attached hydrogens (tertiary/aromatic N) is 2. The summed E-state index contributed by atoms with van der Waals surface area (Å²) < 4.78 is 0. The molecule has 0 fully saturated rings. The average Bonchev–Trinajstić information content (AvgIpc) is 2.97. The highest BCUT2D eigenvalue weighted by Crippen LogP contribution is 2.22. The number of carbonyl (C=O) groups is 2. The minimum atomic E-state index is -1.36. The van der Waals surface area contributed by atoms with Crippen molar-refractivity contribution in [3.8, 4) is 6.07 Å². The van der Waals surface area contributed by atoms with Crippen molar-refractivity contribution in [2.24, 2.45) is 5.92 Å². The second-order valence-electron chi connectivity index (χ2n) is 4.26. The van der Waals surface area contributed by atoms with Crippen LogP contribution < -0.4 is 5.32 Å². The molecule has 1 amide bonds. The normalized spacial score (nSPS) is 11.4. The summed E-state index contributed by atoms with van der Waals surface area (Å²) >= 11 is 1.25. The van der Waals surface area contributed by atoms with Gasteiger partial charge in [-0.05, 0) is 35.6 Å². The van der Waals surface area contributed by atoms with Crippen LogP contribution in [0.5, 0.6) is 0 Å². The van der Waals surface area contributed by atoms with Crippen LogP contribution in [0.25, 0.3) is 0 Å². The van der Waals surface area contributed by atoms with Gasteiger partial charge in [0.15, 0.2) is 11.7 Å². The first-order valence-corrected chi connectivity index (χ1v) is 7.27. The Kier molecular flexibility index (Phi) is 4.80. The zero-order valence-electron chi connectivity index (χ0n) is 11.4. The second-order valence-corrected chi connectivity index (χ2v) is 5.18. The number of hydrogen-bond donors (Lipinski definition) is 1. The summed E-state index contributed by atoms with van der Waals surface area (Å²) in [6.45, 7) is 1.92. The fraction of sp³-hybridized carbons (Fsp3) is 0.200.